The quantitative estimate of drug-likeness (QED) is 0.838. The molecule has 0 bridgehead atoms. The van der Waals surface area contributed by atoms with Crippen molar-refractivity contribution in [3.8, 4) is 0 Å². The van der Waals surface area contributed by atoms with Gasteiger partial charge in [0.15, 0.2) is 0 Å². The predicted octanol–water partition coefficient (Wildman–Crippen LogP) is 1.25. The molecule has 5 nitrogen and oxygen atoms in total. The fourth-order valence-corrected chi connectivity index (χ4v) is 3.23. The molecule has 6 heteroatoms. The van der Waals surface area contributed by atoms with Crippen LogP contribution in [-0.2, 0) is 11.3 Å². The van der Waals surface area contributed by atoms with Crippen LogP contribution in [0.15, 0.2) is 16.7 Å². The maximum atomic E-state index is 9.66. The van der Waals surface area contributed by atoms with Crippen molar-refractivity contribution in [2.24, 2.45) is 0 Å². The van der Waals surface area contributed by atoms with E-state index >= 15 is 0 Å². The Morgan fingerprint density at radius 1 is 1.30 bits per heavy atom. The largest absolute Gasteiger partial charge is 0.391 e. The second-order valence-corrected chi connectivity index (χ2v) is 6.25. The minimum Gasteiger partial charge on any atom is -0.391 e. The van der Waals surface area contributed by atoms with Crippen molar-refractivity contribution in [2.45, 2.75) is 19.1 Å². The summed E-state index contributed by atoms with van der Waals surface area (Å²) in [6.45, 7) is 6.08. The summed E-state index contributed by atoms with van der Waals surface area (Å²) in [6.07, 6.45) is 0.603. The summed E-state index contributed by atoms with van der Waals surface area (Å²) in [5.74, 6) is 0.958. The van der Waals surface area contributed by atoms with Gasteiger partial charge in [0, 0.05) is 32.7 Å². The molecule has 1 N–H and O–H groups in total. The molecule has 0 saturated carbocycles. The van der Waals surface area contributed by atoms with Crippen LogP contribution < -0.4 is 4.90 Å². The molecule has 0 aliphatic carbocycles. The number of aliphatic hydroxyl groups excluding tert-OH is 1. The lowest BCUT2D eigenvalue weighted by Gasteiger charge is -2.27. The Balaban J connectivity index is 1.72. The first-order valence-corrected chi connectivity index (χ1v) is 7.89. The number of morpholine rings is 1. The standard InChI is InChI=1S/C14H20BrN3O2/c15-13-7-11(9-17-3-5-20-6-4-17)8-14(16-13)18-2-1-12(19)10-18/h7-8,12,19H,1-6,9-10H2. The highest BCUT2D eigenvalue weighted by Gasteiger charge is 2.22. The van der Waals surface area contributed by atoms with Crippen LogP contribution in [0.1, 0.15) is 12.0 Å². The lowest BCUT2D eigenvalue weighted by atomic mass is 10.2. The van der Waals surface area contributed by atoms with E-state index in [4.69, 9.17) is 4.74 Å². The molecular formula is C14H20BrN3O2. The topological polar surface area (TPSA) is 48.8 Å². The Morgan fingerprint density at radius 3 is 2.80 bits per heavy atom. The van der Waals surface area contributed by atoms with Gasteiger partial charge in [-0.25, -0.2) is 4.98 Å². The highest BCUT2D eigenvalue weighted by Crippen LogP contribution is 2.23. The number of hydrogen-bond acceptors (Lipinski definition) is 5. The molecule has 2 aliphatic heterocycles. The number of hydrogen-bond donors (Lipinski definition) is 1. The molecule has 2 aliphatic rings. The number of anilines is 1. The van der Waals surface area contributed by atoms with Gasteiger partial charge in [0.1, 0.15) is 10.4 Å². The van der Waals surface area contributed by atoms with Crippen LogP contribution in [0.5, 0.6) is 0 Å². The first kappa shape index (κ1) is 14.3. The number of β-amino-alcohol motifs (C(OH)–C–C–N with tert-alkyl or cyclic N) is 1. The predicted molar refractivity (Wildman–Crippen MR) is 80.9 cm³/mol. The molecule has 1 aromatic rings. The highest BCUT2D eigenvalue weighted by molar-refractivity contribution is 9.10. The van der Waals surface area contributed by atoms with E-state index in [9.17, 15) is 5.11 Å². The molecule has 2 saturated heterocycles. The third kappa shape index (κ3) is 3.49. The zero-order valence-electron chi connectivity index (χ0n) is 11.5. The van der Waals surface area contributed by atoms with E-state index in [2.05, 4.69) is 42.8 Å². The lowest BCUT2D eigenvalue weighted by molar-refractivity contribution is 0.0342. The monoisotopic (exact) mass is 341 g/mol. The smallest absolute Gasteiger partial charge is 0.130 e. The van der Waals surface area contributed by atoms with E-state index in [1.54, 1.807) is 0 Å². The summed E-state index contributed by atoms with van der Waals surface area (Å²) in [6, 6.07) is 4.21. The number of nitrogens with zero attached hydrogens (tertiary/aromatic N) is 3. The molecule has 0 spiro atoms. The van der Waals surface area contributed by atoms with Crippen molar-refractivity contribution in [1.82, 2.24) is 9.88 Å². The van der Waals surface area contributed by atoms with E-state index in [0.29, 0.717) is 6.54 Å². The molecule has 20 heavy (non-hydrogen) atoms. The number of pyridine rings is 1. The molecule has 1 unspecified atom stereocenters. The summed E-state index contributed by atoms with van der Waals surface area (Å²) in [7, 11) is 0. The summed E-state index contributed by atoms with van der Waals surface area (Å²) in [4.78, 5) is 9.08. The molecule has 0 aromatic carbocycles. The number of aliphatic hydroxyl groups is 1. The van der Waals surface area contributed by atoms with Crippen LogP contribution in [0.4, 0.5) is 5.82 Å². The summed E-state index contributed by atoms with van der Waals surface area (Å²) in [5.41, 5.74) is 1.25. The van der Waals surface area contributed by atoms with E-state index in [-0.39, 0.29) is 6.10 Å². The van der Waals surface area contributed by atoms with Crippen LogP contribution in [0.25, 0.3) is 0 Å². The fraction of sp³-hybridized carbons (Fsp3) is 0.643. The van der Waals surface area contributed by atoms with Gasteiger partial charge in [0.25, 0.3) is 0 Å². The Labute approximate surface area is 127 Å². The molecule has 3 heterocycles. The fourth-order valence-electron chi connectivity index (χ4n) is 2.76. The lowest BCUT2D eigenvalue weighted by Crippen LogP contribution is -2.35. The van der Waals surface area contributed by atoms with Gasteiger partial charge < -0.3 is 14.7 Å². The van der Waals surface area contributed by atoms with Crippen molar-refractivity contribution >= 4 is 21.7 Å². The van der Waals surface area contributed by atoms with Gasteiger partial charge in [-0.05, 0) is 40.0 Å². The van der Waals surface area contributed by atoms with E-state index in [1.807, 2.05) is 0 Å². The first-order chi connectivity index (χ1) is 9.70. The van der Waals surface area contributed by atoms with Gasteiger partial charge in [-0.15, -0.1) is 0 Å². The SMILES string of the molecule is OC1CCN(c2cc(CN3CCOCC3)cc(Br)n2)C1. The number of ether oxygens (including phenoxy) is 1. The van der Waals surface area contributed by atoms with Gasteiger partial charge in [-0.3, -0.25) is 4.90 Å². The van der Waals surface area contributed by atoms with Crippen LogP contribution >= 0.6 is 15.9 Å². The minimum atomic E-state index is -0.224. The zero-order valence-corrected chi connectivity index (χ0v) is 13.0. The molecule has 2 fully saturated rings. The third-order valence-electron chi connectivity index (χ3n) is 3.84. The molecule has 0 amide bonds. The molecule has 110 valence electrons. The zero-order chi connectivity index (χ0) is 13.9. The number of rotatable bonds is 3. The van der Waals surface area contributed by atoms with Crippen molar-refractivity contribution in [2.75, 3.05) is 44.3 Å². The Kier molecular flexibility index (Phi) is 4.55. The van der Waals surface area contributed by atoms with Gasteiger partial charge in [0.2, 0.25) is 0 Å². The number of aromatic nitrogens is 1. The molecule has 1 atom stereocenters. The summed E-state index contributed by atoms with van der Waals surface area (Å²) >= 11 is 3.50. The summed E-state index contributed by atoms with van der Waals surface area (Å²) < 4.78 is 6.24. The van der Waals surface area contributed by atoms with Crippen molar-refractivity contribution in [3.05, 3.63) is 22.3 Å². The van der Waals surface area contributed by atoms with E-state index in [1.165, 1.54) is 5.56 Å². The van der Waals surface area contributed by atoms with Crippen LogP contribution in [-0.4, -0.2) is 60.5 Å². The first-order valence-electron chi connectivity index (χ1n) is 7.10. The highest BCUT2D eigenvalue weighted by atomic mass is 79.9. The average Bonchev–Trinajstić information content (AvgIpc) is 2.86. The Morgan fingerprint density at radius 2 is 2.10 bits per heavy atom. The van der Waals surface area contributed by atoms with E-state index in [0.717, 1.165) is 56.2 Å². The van der Waals surface area contributed by atoms with Gasteiger partial charge in [0.05, 0.1) is 19.3 Å². The molecular weight excluding hydrogens is 322 g/mol. The normalized spacial score (nSPS) is 24.3. The van der Waals surface area contributed by atoms with Gasteiger partial charge in [-0.1, -0.05) is 0 Å². The summed E-state index contributed by atoms with van der Waals surface area (Å²) in [5, 5.41) is 9.66. The van der Waals surface area contributed by atoms with Crippen molar-refractivity contribution in [1.29, 1.82) is 0 Å². The average molecular weight is 342 g/mol. The molecule has 1 aromatic heterocycles. The maximum Gasteiger partial charge on any atom is 0.130 e. The van der Waals surface area contributed by atoms with Crippen molar-refractivity contribution in [3.63, 3.8) is 0 Å². The maximum absolute atomic E-state index is 9.66. The Hall–Kier alpha value is -0.690. The van der Waals surface area contributed by atoms with Gasteiger partial charge in [-0.2, -0.15) is 0 Å². The number of halogens is 1. The second-order valence-electron chi connectivity index (χ2n) is 5.43. The van der Waals surface area contributed by atoms with Crippen LogP contribution in [0.2, 0.25) is 0 Å². The second kappa shape index (κ2) is 6.39. The minimum absolute atomic E-state index is 0.224. The van der Waals surface area contributed by atoms with Crippen LogP contribution in [0, 0.1) is 0 Å². The third-order valence-corrected chi connectivity index (χ3v) is 4.24. The van der Waals surface area contributed by atoms with Gasteiger partial charge >= 0.3 is 0 Å². The Bertz CT molecular complexity index is 466. The van der Waals surface area contributed by atoms with Crippen molar-refractivity contribution < 1.29 is 9.84 Å². The molecule has 3 rings (SSSR count). The van der Waals surface area contributed by atoms with E-state index < -0.39 is 0 Å². The van der Waals surface area contributed by atoms with Crippen LogP contribution in [0.3, 0.4) is 0 Å². The molecule has 0 radical (unpaired) electrons.